The number of likely N-dealkylation sites (tertiary alicyclic amines) is 1. The van der Waals surface area contributed by atoms with Crippen LogP contribution in [0.4, 0.5) is 4.39 Å². The van der Waals surface area contributed by atoms with Gasteiger partial charge in [0.1, 0.15) is 11.5 Å². The molecule has 4 rings (SSSR count). The maximum absolute atomic E-state index is 13.5. The van der Waals surface area contributed by atoms with Crippen LogP contribution >= 0.6 is 0 Å². The van der Waals surface area contributed by atoms with Crippen molar-refractivity contribution >= 4 is 5.91 Å². The summed E-state index contributed by atoms with van der Waals surface area (Å²) < 4.78 is 13.5. The molecule has 0 unspecified atom stereocenters. The molecule has 0 spiro atoms. The maximum atomic E-state index is 13.5. The summed E-state index contributed by atoms with van der Waals surface area (Å²) in [5.41, 5.74) is 2.06. The second kappa shape index (κ2) is 5.45. The van der Waals surface area contributed by atoms with Crippen molar-refractivity contribution < 1.29 is 14.3 Å². The highest BCUT2D eigenvalue weighted by Gasteiger charge is 2.37. The highest BCUT2D eigenvalue weighted by atomic mass is 19.1. The second-order valence-corrected chi connectivity index (χ2v) is 6.40. The molecule has 23 heavy (non-hydrogen) atoms. The van der Waals surface area contributed by atoms with Crippen LogP contribution in [0.25, 0.3) is 0 Å². The van der Waals surface area contributed by atoms with Crippen LogP contribution in [0.2, 0.25) is 0 Å². The van der Waals surface area contributed by atoms with Gasteiger partial charge >= 0.3 is 0 Å². The standard InChI is InChI=1S/C17H18FN3O2/c18-12-3-1-2-11(6-12)16-7-13(22)9-21(16)17(23)15-8-14(19-20-15)10-4-5-10/h1-3,6,8,10,13,16,22H,4-5,7,9H2,(H,19,20)/t13-,16-/m1/s1. The molecule has 2 aliphatic rings. The molecule has 1 aromatic carbocycles. The second-order valence-electron chi connectivity index (χ2n) is 6.40. The summed E-state index contributed by atoms with van der Waals surface area (Å²) in [7, 11) is 0. The maximum Gasteiger partial charge on any atom is 0.274 e. The number of hydrogen-bond donors (Lipinski definition) is 2. The van der Waals surface area contributed by atoms with Crippen LogP contribution in [0.3, 0.4) is 0 Å². The Labute approximate surface area is 133 Å². The Hall–Kier alpha value is -2.21. The molecule has 5 nitrogen and oxygen atoms in total. The van der Waals surface area contributed by atoms with Crippen molar-refractivity contribution in [3.63, 3.8) is 0 Å². The number of amides is 1. The molecule has 1 aromatic heterocycles. The van der Waals surface area contributed by atoms with E-state index in [0.29, 0.717) is 23.6 Å². The zero-order valence-electron chi connectivity index (χ0n) is 12.6. The van der Waals surface area contributed by atoms with Crippen molar-refractivity contribution in [2.75, 3.05) is 6.54 Å². The van der Waals surface area contributed by atoms with Gasteiger partial charge in [-0.05, 0) is 43.0 Å². The Bertz CT molecular complexity index is 741. The summed E-state index contributed by atoms with van der Waals surface area (Å²) in [6.07, 6.45) is 2.07. The number of H-pyrrole nitrogens is 1. The first-order valence-electron chi connectivity index (χ1n) is 7.91. The SMILES string of the molecule is O=C(c1cc(C2CC2)[nH]n1)N1C[C@H](O)C[C@@H]1c1cccc(F)c1. The average molecular weight is 315 g/mol. The van der Waals surface area contributed by atoms with E-state index in [1.165, 1.54) is 12.1 Å². The number of halogens is 1. The number of aromatic nitrogens is 2. The average Bonchev–Trinajstić information content (AvgIpc) is 3.13. The summed E-state index contributed by atoms with van der Waals surface area (Å²) in [5.74, 6) is -0.0710. The highest BCUT2D eigenvalue weighted by molar-refractivity contribution is 5.93. The number of aromatic amines is 1. The first-order valence-corrected chi connectivity index (χ1v) is 7.91. The van der Waals surface area contributed by atoms with Crippen molar-refractivity contribution in [2.24, 2.45) is 0 Å². The number of carbonyl (C=O) groups is 1. The number of aliphatic hydroxyl groups excluding tert-OH is 1. The summed E-state index contributed by atoms with van der Waals surface area (Å²) in [6, 6.07) is 7.67. The molecule has 1 amide bonds. The van der Waals surface area contributed by atoms with Crippen molar-refractivity contribution in [2.45, 2.75) is 37.3 Å². The van der Waals surface area contributed by atoms with E-state index >= 15 is 0 Å². The molecular formula is C17H18FN3O2. The van der Waals surface area contributed by atoms with Crippen LogP contribution < -0.4 is 0 Å². The summed E-state index contributed by atoms with van der Waals surface area (Å²) in [5, 5.41) is 17.0. The summed E-state index contributed by atoms with van der Waals surface area (Å²) in [6.45, 7) is 0.242. The minimum atomic E-state index is -0.603. The zero-order valence-corrected chi connectivity index (χ0v) is 12.6. The van der Waals surface area contributed by atoms with Crippen LogP contribution in [-0.2, 0) is 0 Å². The third kappa shape index (κ3) is 2.74. The third-order valence-corrected chi connectivity index (χ3v) is 4.61. The first-order chi connectivity index (χ1) is 11.1. The monoisotopic (exact) mass is 315 g/mol. The van der Waals surface area contributed by atoms with E-state index in [9.17, 15) is 14.3 Å². The normalized spacial score (nSPS) is 24.2. The van der Waals surface area contributed by atoms with Crippen molar-refractivity contribution in [3.05, 3.63) is 53.1 Å². The van der Waals surface area contributed by atoms with Gasteiger partial charge in [-0.15, -0.1) is 0 Å². The van der Waals surface area contributed by atoms with Gasteiger partial charge in [0.15, 0.2) is 0 Å². The van der Waals surface area contributed by atoms with Crippen LogP contribution in [0.1, 0.15) is 53.0 Å². The fourth-order valence-corrected chi connectivity index (χ4v) is 3.26. The van der Waals surface area contributed by atoms with Gasteiger partial charge in [0.2, 0.25) is 0 Å². The molecule has 120 valence electrons. The van der Waals surface area contributed by atoms with Crippen LogP contribution in [0, 0.1) is 5.82 Å². The Morgan fingerprint density at radius 1 is 1.35 bits per heavy atom. The van der Waals surface area contributed by atoms with Crippen LogP contribution in [0.15, 0.2) is 30.3 Å². The van der Waals surface area contributed by atoms with Gasteiger partial charge in [0.25, 0.3) is 5.91 Å². The highest BCUT2D eigenvalue weighted by Crippen LogP contribution is 2.39. The van der Waals surface area contributed by atoms with Gasteiger partial charge in [-0.1, -0.05) is 12.1 Å². The Morgan fingerprint density at radius 2 is 2.17 bits per heavy atom. The summed E-state index contributed by atoms with van der Waals surface area (Å²) in [4.78, 5) is 14.3. The van der Waals surface area contributed by atoms with E-state index in [0.717, 1.165) is 18.5 Å². The molecule has 1 saturated heterocycles. The van der Waals surface area contributed by atoms with Gasteiger partial charge in [-0.2, -0.15) is 5.10 Å². The van der Waals surface area contributed by atoms with Crippen molar-refractivity contribution in [1.29, 1.82) is 0 Å². The minimum Gasteiger partial charge on any atom is -0.391 e. The number of rotatable bonds is 3. The molecule has 2 heterocycles. The molecule has 1 aliphatic heterocycles. The smallest absolute Gasteiger partial charge is 0.274 e. The molecule has 0 radical (unpaired) electrons. The molecular weight excluding hydrogens is 297 g/mol. The third-order valence-electron chi connectivity index (χ3n) is 4.61. The number of β-amino-alcohol motifs (C(OH)–C–C–N with tert-alkyl or cyclic N) is 1. The number of aliphatic hydroxyl groups is 1. The predicted octanol–water partition coefficient (Wildman–Crippen LogP) is 2.37. The van der Waals surface area contributed by atoms with Crippen molar-refractivity contribution in [1.82, 2.24) is 15.1 Å². The lowest BCUT2D eigenvalue weighted by atomic mass is 10.0. The van der Waals surface area contributed by atoms with E-state index < -0.39 is 6.10 Å². The van der Waals surface area contributed by atoms with Gasteiger partial charge in [0.05, 0.1) is 12.1 Å². The van der Waals surface area contributed by atoms with Crippen LogP contribution in [-0.4, -0.2) is 38.8 Å². The lowest BCUT2D eigenvalue weighted by molar-refractivity contribution is 0.0709. The van der Waals surface area contributed by atoms with E-state index in [1.807, 2.05) is 0 Å². The number of hydrogen-bond acceptors (Lipinski definition) is 3. The number of benzene rings is 1. The van der Waals surface area contributed by atoms with Gasteiger partial charge in [-0.25, -0.2) is 4.39 Å². The van der Waals surface area contributed by atoms with Gasteiger partial charge in [0, 0.05) is 18.2 Å². The van der Waals surface area contributed by atoms with Crippen molar-refractivity contribution in [3.8, 4) is 0 Å². The minimum absolute atomic E-state index is 0.223. The predicted molar refractivity (Wildman–Crippen MR) is 81.4 cm³/mol. The molecule has 2 fully saturated rings. The van der Waals surface area contributed by atoms with E-state index in [2.05, 4.69) is 10.2 Å². The topological polar surface area (TPSA) is 69.2 Å². The Morgan fingerprint density at radius 3 is 2.91 bits per heavy atom. The fourth-order valence-electron chi connectivity index (χ4n) is 3.26. The van der Waals surface area contributed by atoms with E-state index in [1.54, 1.807) is 23.1 Å². The van der Waals surface area contributed by atoms with Gasteiger partial charge in [-0.3, -0.25) is 9.89 Å². The van der Waals surface area contributed by atoms with E-state index in [4.69, 9.17) is 0 Å². The lowest BCUT2D eigenvalue weighted by Crippen LogP contribution is -2.32. The molecule has 0 bridgehead atoms. The first kappa shape index (κ1) is 14.4. The molecule has 2 aromatic rings. The molecule has 2 N–H and O–H groups in total. The summed E-state index contributed by atoms with van der Waals surface area (Å²) >= 11 is 0. The molecule has 1 saturated carbocycles. The Balaban J connectivity index is 1.60. The lowest BCUT2D eigenvalue weighted by Gasteiger charge is -2.24. The zero-order chi connectivity index (χ0) is 16.0. The van der Waals surface area contributed by atoms with E-state index in [-0.39, 0.29) is 24.3 Å². The molecule has 2 atom stereocenters. The van der Waals surface area contributed by atoms with Gasteiger partial charge < -0.3 is 10.0 Å². The number of nitrogens with one attached hydrogen (secondary N) is 1. The van der Waals surface area contributed by atoms with Crippen LogP contribution in [0.5, 0.6) is 0 Å². The molecule has 6 heteroatoms. The number of carbonyl (C=O) groups excluding carboxylic acids is 1. The largest absolute Gasteiger partial charge is 0.391 e. The molecule has 1 aliphatic carbocycles. The number of nitrogens with zero attached hydrogens (tertiary/aromatic N) is 2. The quantitative estimate of drug-likeness (QED) is 0.913. The Kier molecular flexibility index (Phi) is 3.41. The fraction of sp³-hybridized carbons (Fsp3) is 0.412.